The van der Waals surface area contributed by atoms with Gasteiger partial charge in [0.05, 0.1) is 6.04 Å². The summed E-state index contributed by atoms with van der Waals surface area (Å²) in [6.45, 7) is 3.85. The molecule has 0 unspecified atom stereocenters. The van der Waals surface area contributed by atoms with Crippen molar-refractivity contribution < 1.29 is 18.0 Å². The lowest BCUT2D eigenvalue weighted by Crippen LogP contribution is -2.75. The van der Waals surface area contributed by atoms with Crippen molar-refractivity contribution in [3.05, 3.63) is 12.2 Å². The molecule has 1 N–H and O–H groups in total. The second kappa shape index (κ2) is 6.34. The van der Waals surface area contributed by atoms with Crippen LogP contribution in [0.5, 0.6) is 0 Å². The maximum Gasteiger partial charge on any atom is 0.406 e. The van der Waals surface area contributed by atoms with Gasteiger partial charge in [0.15, 0.2) is 5.82 Å². The van der Waals surface area contributed by atoms with Gasteiger partial charge >= 0.3 is 12.2 Å². The Bertz CT molecular complexity index is 1050. The van der Waals surface area contributed by atoms with Crippen molar-refractivity contribution in [2.75, 3.05) is 32.7 Å². The molecule has 2 aliphatic heterocycles. The first-order valence-corrected chi connectivity index (χ1v) is 13.4. The van der Waals surface area contributed by atoms with E-state index in [2.05, 4.69) is 15.4 Å². The predicted molar refractivity (Wildman–Crippen MR) is 119 cm³/mol. The second-order valence-corrected chi connectivity index (χ2v) is 13.5. The standard InChI is InChI=1S/C25H33F3N6O/c26-25(27,28)24(3-4-24)30-12-22-9-23(10-22,11-22)17-7-32(8-17)20(35)33-13-21(14-33)5-18(6-21)34-15-29-19(31-34)16-1-2-16/h15-18,30H,1-14H2. The first-order chi connectivity index (χ1) is 16.6. The summed E-state index contributed by atoms with van der Waals surface area (Å²) in [6, 6.07) is 0.605. The smallest absolute Gasteiger partial charge is 0.324 e. The Morgan fingerprint density at radius 1 is 1.09 bits per heavy atom. The Hall–Kier alpha value is -1.84. The third-order valence-corrected chi connectivity index (χ3v) is 10.8. The number of hydrogen-bond acceptors (Lipinski definition) is 4. The minimum atomic E-state index is -4.13. The normalized spacial score (nSPS) is 36.7. The molecule has 1 aromatic rings. The van der Waals surface area contributed by atoms with Crippen molar-refractivity contribution in [3.8, 4) is 0 Å². The van der Waals surface area contributed by atoms with Crippen molar-refractivity contribution in [1.82, 2.24) is 29.9 Å². The third kappa shape index (κ3) is 2.98. The lowest BCUT2D eigenvalue weighted by atomic mass is 9.31. The van der Waals surface area contributed by atoms with Crippen LogP contribution in [0.2, 0.25) is 0 Å². The first kappa shape index (κ1) is 21.3. The maximum atomic E-state index is 13.2. The molecule has 9 rings (SSSR count). The number of halogens is 3. The van der Waals surface area contributed by atoms with E-state index in [0.29, 0.717) is 29.8 Å². The van der Waals surface area contributed by atoms with Gasteiger partial charge in [0.2, 0.25) is 0 Å². The molecule has 6 aliphatic carbocycles. The highest BCUT2D eigenvalue weighted by molar-refractivity contribution is 5.76. The zero-order chi connectivity index (χ0) is 23.8. The first-order valence-electron chi connectivity index (χ1n) is 13.4. The summed E-state index contributed by atoms with van der Waals surface area (Å²) in [7, 11) is 0. The maximum absolute atomic E-state index is 13.2. The molecule has 0 radical (unpaired) electrons. The quantitative estimate of drug-likeness (QED) is 0.661. The Kier molecular flexibility index (Phi) is 3.85. The highest BCUT2D eigenvalue weighted by atomic mass is 19.4. The molecule has 10 heteroatoms. The summed E-state index contributed by atoms with van der Waals surface area (Å²) in [5.41, 5.74) is -0.945. The number of alkyl halides is 3. The topological polar surface area (TPSA) is 66.3 Å². The van der Waals surface area contributed by atoms with Gasteiger partial charge in [0.25, 0.3) is 0 Å². The molecular weight excluding hydrogens is 457 g/mol. The summed E-state index contributed by atoms with van der Waals surface area (Å²) < 4.78 is 41.6. The summed E-state index contributed by atoms with van der Waals surface area (Å²) in [5.74, 6) is 2.11. The van der Waals surface area contributed by atoms with Crippen LogP contribution in [-0.2, 0) is 0 Å². The van der Waals surface area contributed by atoms with Crippen LogP contribution in [0, 0.1) is 22.2 Å². The van der Waals surface area contributed by atoms with E-state index < -0.39 is 11.7 Å². The van der Waals surface area contributed by atoms with Crippen LogP contribution in [-0.4, -0.2) is 75.0 Å². The van der Waals surface area contributed by atoms with Crippen molar-refractivity contribution in [1.29, 1.82) is 0 Å². The molecule has 2 saturated heterocycles. The number of hydrogen-bond donors (Lipinski definition) is 1. The van der Waals surface area contributed by atoms with E-state index in [4.69, 9.17) is 0 Å². The number of urea groups is 1. The van der Waals surface area contributed by atoms with Crippen LogP contribution in [0.25, 0.3) is 0 Å². The zero-order valence-electron chi connectivity index (χ0n) is 20.0. The van der Waals surface area contributed by atoms with Crippen LogP contribution in [0.15, 0.2) is 6.33 Å². The second-order valence-electron chi connectivity index (χ2n) is 13.5. The summed E-state index contributed by atoms with van der Waals surface area (Å²) >= 11 is 0. The van der Waals surface area contributed by atoms with Crippen molar-refractivity contribution in [3.63, 3.8) is 0 Å². The molecule has 1 aromatic heterocycles. The third-order valence-electron chi connectivity index (χ3n) is 10.8. The van der Waals surface area contributed by atoms with E-state index in [-0.39, 0.29) is 29.7 Å². The van der Waals surface area contributed by atoms with E-state index >= 15 is 0 Å². The molecule has 3 heterocycles. The Morgan fingerprint density at radius 3 is 2.37 bits per heavy atom. The number of amides is 2. The van der Waals surface area contributed by atoms with Crippen molar-refractivity contribution >= 4 is 6.03 Å². The van der Waals surface area contributed by atoms with Gasteiger partial charge < -0.3 is 15.1 Å². The molecule has 7 nitrogen and oxygen atoms in total. The number of aromatic nitrogens is 3. The van der Waals surface area contributed by atoms with Crippen molar-refractivity contribution in [2.45, 2.75) is 81.5 Å². The van der Waals surface area contributed by atoms with Crippen LogP contribution in [0.1, 0.15) is 75.6 Å². The molecule has 190 valence electrons. The van der Waals surface area contributed by atoms with Crippen LogP contribution in [0.4, 0.5) is 18.0 Å². The van der Waals surface area contributed by atoms with Gasteiger partial charge in [-0.15, -0.1) is 0 Å². The lowest BCUT2D eigenvalue weighted by molar-refractivity contribution is -0.256. The number of nitrogens with zero attached hydrogens (tertiary/aromatic N) is 5. The number of carbonyl (C=O) groups excluding carboxylic acids is 1. The molecule has 1 spiro atoms. The van der Waals surface area contributed by atoms with Gasteiger partial charge in [-0.3, -0.25) is 0 Å². The van der Waals surface area contributed by atoms with E-state index in [1.807, 2.05) is 20.8 Å². The molecular formula is C25H33F3N6O. The van der Waals surface area contributed by atoms with Gasteiger partial charge in [-0.05, 0) is 74.5 Å². The molecule has 6 saturated carbocycles. The monoisotopic (exact) mass is 490 g/mol. The van der Waals surface area contributed by atoms with E-state index in [1.165, 1.54) is 12.8 Å². The van der Waals surface area contributed by atoms with Crippen LogP contribution >= 0.6 is 0 Å². The number of rotatable bonds is 6. The van der Waals surface area contributed by atoms with E-state index in [0.717, 1.165) is 64.1 Å². The highest BCUT2D eigenvalue weighted by Crippen LogP contribution is 2.77. The molecule has 35 heavy (non-hydrogen) atoms. The molecule has 0 aromatic carbocycles. The van der Waals surface area contributed by atoms with Crippen molar-refractivity contribution in [2.24, 2.45) is 22.2 Å². The molecule has 2 amide bonds. The summed E-state index contributed by atoms with van der Waals surface area (Å²) in [6.07, 6.45) is 5.90. The molecule has 8 aliphatic rings. The van der Waals surface area contributed by atoms with Gasteiger partial charge in [0, 0.05) is 44.1 Å². The molecule has 8 fully saturated rings. The SMILES string of the molecule is O=C(N1CC(C23CC(CNC4(C(F)(F)F)CC4)(C2)C3)C1)N1CC2(CC(n3cnc(C4CC4)n3)C2)C1. The van der Waals surface area contributed by atoms with Gasteiger partial charge in [-0.2, -0.15) is 18.3 Å². The predicted octanol–water partition coefficient (Wildman–Crippen LogP) is 3.70. The highest BCUT2D eigenvalue weighted by Gasteiger charge is 2.73. The average Bonchev–Trinajstić information content (AvgIpc) is 3.57. The fraction of sp³-hybridized carbons (Fsp3) is 0.880. The summed E-state index contributed by atoms with van der Waals surface area (Å²) in [4.78, 5) is 21.4. The van der Waals surface area contributed by atoms with Crippen LogP contribution in [0.3, 0.4) is 0 Å². The summed E-state index contributed by atoms with van der Waals surface area (Å²) in [5, 5.41) is 7.55. The Balaban J connectivity index is 0.773. The minimum Gasteiger partial charge on any atom is -0.324 e. The number of carbonyl (C=O) groups is 1. The van der Waals surface area contributed by atoms with E-state index in [9.17, 15) is 18.0 Å². The lowest BCUT2D eigenvalue weighted by Gasteiger charge is -2.76. The van der Waals surface area contributed by atoms with Gasteiger partial charge in [0.1, 0.15) is 11.9 Å². The zero-order valence-corrected chi connectivity index (χ0v) is 20.0. The molecule has 2 bridgehead atoms. The fourth-order valence-corrected chi connectivity index (χ4v) is 8.25. The fourth-order valence-electron chi connectivity index (χ4n) is 8.25. The minimum absolute atomic E-state index is 0.0827. The Morgan fingerprint density at radius 2 is 1.77 bits per heavy atom. The molecule has 0 atom stereocenters. The number of nitrogens with one attached hydrogen (secondary N) is 1. The number of likely N-dealkylation sites (tertiary alicyclic amines) is 2. The van der Waals surface area contributed by atoms with Gasteiger partial charge in [-0.25, -0.2) is 14.5 Å². The van der Waals surface area contributed by atoms with E-state index in [1.54, 1.807) is 0 Å². The largest absolute Gasteiger partial charge is 0.406 e. The Labute approximate surface area is 202 Å². The average molecular weight is 491 g/mol. The van der Waals surface area contributed by atoms with Crippen LogP contribution < -0.4 is 5.32 Å². The van der Waals surface area contributed by atoms with Gasteiger partial charge in [-0.1, -0.05) is 0 Å².